The summed E-state index contributed by atoms with van der Waals surface area (Å²) in [5.74, 6) is 0.899. The van der Waals surface area contributed by atoms with Gasteiger partial charge in [-0.3, -0.25) is 0 Å². The van der Waals surface area contributed by atoms with Crippen LogP contribution in [0.4, 0.5) is 0 Å². The third-order valence-corrected chi connectivity index (χ3v) is 5.04. The lowest BCUT2D eigenvalue weighted by atomic mass is 9.83. The molecule has 0 aromatic heterocycles. The molecule has 0 amide bonds. The zero-order valence-corrected chi connectivity index (χ0v) is 13.8. The maximum atomic E-state index is 6.11. The van der Waals surface area contributed by atoms with Crippen LogP contribution in [0.15, 0.2) is 18.2 Å². The number of halogens is 2. The Labute approximate surface area is 133 Å². The highest BCUT2D eigenvalue weighted by atomic mass is 35.5. The second-order valence-electron chi connectivity index (χ2n) is 5.95. The molecule has 1 atom stereocenters. The fraction of sp³-hybridized carbons (Fsp3) is 0.647. The van der Waals surface area contributed by atoms with Crippen LogP contribution in [0.5, 0.6) is 0 Å². The van der Waals surface area contributed by atoms with Crippen molar-refractivity contribution in [3.63, 3.8) is 0 Å². The SMILES string of the molecule is CCNC(Cc1ccc(Cl)c(Cl)c1)CC1CCCCC1. The van der Waals surface area contributed by atoms with Crippen LogP contribution >= 0.6 is 23.2 Å². The van der Waals surface area contributed by atoms with Crippen LogP contribution in [0.1, 0.15) is 51.0 Å². The fourth-order valence-electron chi connectivity index (χ4n) is 3.30. The third kappa shape index (κ3) is 4.95. The molecule has 0 heterocycles. The second kappa shape index (κ2) is 8.26. The van der Waals surface area contributed by atoms with Gasteiger partial charge in [-0.1, -0.05) is 68.3 Å². The minimum atomic E-state index is 0.556. The number of likely N-dealkylation sites (N-methyl/N-ethyl adjacent to an activating group) is 1. The second-order valence-corrected chi connectivity index (χ2v) is 6.76. The first-order valence-corrected chi connectivity index (χ1v) is 8.62. The molecule has 1 aliphatic rings. The summed E-state index contributed by atoms with van der Waals surface area (Å²) in [6, 6.07) is 6.57. The Morgan fingerprint density at radius 1 is 1.15 bits per heavy atom. The summed E-state index contributed by atoms with van der Waals surface area (Å²) in [6.45, 7) is 3.21. The summed E-state index contributed by atoms with van der Waals surface area (Å²) in [6.07, 6.45) is 9.39. The molecule has 0 spiro atoms. The molecule has 1 saturated carbocycles. The largest absolute Gasteiger partial charge is 0.314 e. The number of benzene rings is 1. The quantitative estimate of drug-likeness (QED) is 0.732. The van der Waals surface area contributed by atoms with Crippen LogP contribution in [0.2, 0.25) is 10.0 Å². The zero-order valence-electron chi connectivity index (χ0n) is 12.3. The maximum absolute atomic E-state index is 6.11. The van der Waals surface area contributed by atoms with Gasteiger partial charge in [0.05, 0.1) is 10.0 Å². The number of hydrogen-bond acceptors (Lipinski definition) is 1. The molecule has 1 N–H and O–H groups in total. The summed E-state index contributed by atoms with van der Waals surface area (Å²) >= 11 is 12.1. The Balaban J connectivity index is 1.94. The number of hydrogen-bond donors (Lipinski definition) is 1. The van der Waals surface area contributed by atoms with E-state index in [0.29, 0.717) is 16.1 Å². The molecule has 2 rings (SSSR count). The summed E-state index contributed by atoms with van der Waals surface area (Å²) in [4.78, 5) is 0. The summed E-state index contributed by atoms with van der Waals surface area (Å²) < 4.78 is 0. The highest BCUT2D eigenvalue weighted by molar-refractivity contribution is 6.42. The topological polar surface area (TPSA) is 12.0 Å². The lowest BCUT2D eigenvalue weighted by molar-refractivity contribution is 0.298. The Morgan fingerprint density at radius 2 is 1.90 bits per heavy atom. The van der Waals surface area contributed by atoms with E-state index in [1.54, 1.807) is 0 Å². The molecule has 112 valence electrons. The van der Waals surface area contributed by atoms with E-state index < -0.39 is 0 Å². The summed E-state index contributed by atoms with van der Waals surface area (Å²) in [5.41, 5.74) is 1.28. The molecular weight excluding hydrogens is 289 g/mol. The van der Waals surface area contributed by atoms with Crippen molar-refractivity contribution in [3.05, 3.63) is 33.8 Å². The van der Waals surface area contributed by atoms with Gasteiger partial charge in [-0.05, 0) is 43.0 Å². The van der Waals surface area contributed by atoms with E-state index in [-0.39, 0.29) is 0 Å². The van der Waals surface area contributed by atoms with Gasteiger partial charge in [-0.25, -0.2) is 0 Å². The average molecular weight is 314 g/mol. The van der Waals surface area contributed by atoms with Crippen LogP contribution in [0, 0.1) is 5.92 Å². The maximum Gasteiger partial charge on any atom is 0.0595 e. The van der Waals surface area contributed by atoms with E-state index in [0.717, 1.165) is 18.9 Å². The predicted molar refractivity (Wildman–Crippen MR) is 88.8 cm³/mol. The van der Waals surface area contributed by atoms with E-state index in [1.165, 1.54) is 44.1 Å². The van der Waals surface area contributed by atoms with Crippen molar-refractivity contribution in [3.8, 4) is 0 Å². The third-order valence-electron chi connectivity index (χ3n) is 4.30. The van der Waals surface area contributed by atoms with Gasteiger partial charge in [-0.15, -0.1) is 0 Å². The average Bonchev–Trinajstić information content (AvgIpc) is 2.44. The smallest absolute Gasteiger partial charge is 0.0595 e. The Kier molecular flexibility index (Phi) is 6.67. The monoisotopic (exact) mass is 313 g/mol. The molecule has 0 bridgehead atoms. The van der Waals surface area contributed by atoms with Gasteiger partial charge < -0.3 is 5.32 Å². The van der Waals surface area contributed by atoms with Gasteiger partial charge in [-0.2, -0.15) is 0 Å². The zero-order chi connectivity index (χ0) is 14.4. The van der Waals surface area contributed by atoms with Crippen molar-refractivity contribution in [2.45, 2.75) is 57.9 Å². The Morgan fingerprint density at radius 3 is 2.55 bits per heavy atom. The van der Waals surface area contributed by atoms with Crippen LogP contribution in [0.25, 0.3) is 0 Å². The number of rotatable bonds is 6. The van der Waals surface area contributed by atoms with Gasteiger partial charge in [0.15, 0.2) is 0 Å². The molecule has 1 unspecified atom stereocenters. The van der Waals surface area contributed by atoms with Crippen LogP contribution < -0.4 is 5.32 Å². The first kappa shape index (κ1) is 16.1. The molecule has 1 aromatic rings. The van der Waals surface area contributed by atoms with Crippen LogP contribution in [-0.2, 0) is 6.42 Å². The normalized spacial score (nSPS) is 18.1. The predicted octanol–water partition coefficient (Wildman–Crippen LogP) is 5.48. The standard InChI is InChI=1S/C17H25Cl2N/c1-2-20-15(10-13-6-4-3-5-7-13)11-14-8-9-16(18)17(19)12-14/h8-9,12-13,15,20H,2-7,10-11H2,1H3. The highest BCUT2D eigenvalue weighted by Gasteiger charge is 2.19. The van der Waals surface area contributed by atoms with Gasteiger partial charge in [0.25, 0.3) is 0 Å². The lowest BCUT2D eigenvalue weighted by Crippen LogP contribution is -2.33. The molecule has 3 heteroatoms. The molecule has 0 aliphatic heterocycles. The Bertz CT molecular complexity index is 413. The van der Waals surface area contributed by atoms with Gasteiger partial charge in [0, 0.05) is 6.04 Å². The first-order chi connectivity index (χ1) is 9.69. The first-order valence-electron chi connectivity index (χ1n) is 7.86. The Hall–Kier alpha value is -0.240. The van der Waals surface area contributed by atoms with Crippen LogP contribution in [-0.4, -0.2) is 12.6 Å². The molecule has 1 nitrogen and oxygen atoms in total. The highest BCUT2D eigenvalue weighted by Crippen LogP contribution is 2.29. The van der Waals surface area contributed by atoms with E-state index in [2.05, 4.69) is 18.3 Å². The fourth-order valence-corrected chi connectivity index (χ4v) is 3.62. The molecular formula is C17H25Cl2N. The molecule has 0 saturated heterocycles. The van der Waals surface area contributed by atoms with E-state index in [1.807, 2.05) is 12.1 Å². The summed E-state index contributed by atoms with van der Waals surface area (Å²) in [5, 5.41) is 4.94. The van der Waals surface area contributed by atoms with E-state index in [9.17, 15) is 0 Å². The molecule has 0 radical (unpaired) electrons. The van der Waals surface area contributed by atoms with Gasteiger partial charge >= 0.3 is 0 Å². The number of nitrogens with one attached hydrogen (secondary N) is 1. The van der Waals surface area contributed by atoms with E-state index >= 15 is 0 Å². The van der Waals surface area contributed by atoms with Crippen LogP contribution in [0.3, 0.4) is 0 Å². The van der Waals surface area contributed by atoms with Crippen molar-refractivity contribution >= 4 is 23.2 Å². The van der Waals surface area contributed by atoms with E-state index in [4.69, 9.17) is 23.2 Å². The molecule has 20 heavy (non-hydrogen) atoms. The van der Waals surface area contributed by atoms with Crippen molar-refractivity contribution in [2.24, 2.45) is 5.92 Å². The molecule has 1 aromatic carbocycles. The lowest BCUT2D eigenvalue weighted by Gasteiger charge is -2.27. The van der Waals surface area contributed by atoms with Gasteiger partial charge in [0.1, 0.15) is 0 Å². The minimum absolute atomic E-state index is 0.556. The van der Waals surface area contributed by atoms with Crippen molar-refractivity contribution < 1.29 is 0 Å². The van der Waals surface area contributed by atoms with Crippen molar-refractivity contribution in [2.75, 3.05) is 6.54 Å². The summed E-state index contributed by atoms with van der Waals surface area (Å²) in [7, 11) is 0. The van der Waals surface area contributed by atoms with Crippen molar-refractivity contribution in [1.29, 1.82) is 0 Å². The minimum Gasteiger partial charge on any atom is -0.314 e. The van der Waals surface area contributed by atoms with Gasteiger partial charge in [0.2, 0.25) is 0 Å². The molecule has 1 aliphatic carbocycles. The van der Waals surface area contributed by atoms with Crippen molar-refractivity contribution in [1.82, 2.24) is 5.32 Å². The molecule has 1 fully saturated rings.